The van der Waals surface area contributed by atoms with Crippen molar-refractivity contribution in [3.8, 4) is 11.5 Å². The van der Waals surface area contributed by atoms with Gasteiger partial charge in [0.1, 0.15) is 11.4 Å². The van der Waals surface area contributed by atoms with Crippen LogP contribution in [0.1, 0.15) is 26.6 Å². The number of nitrogens with zero attached hydrogens (tertiary/aromatic N) is 3. The molecule has 0 radical (unpaired) electrons. The molecule has 150 valence electrons. The first-order valence-corrected chi connectivity index (χ1v) is 9.61. The Labute approximate surface area is 171 Å². The molecule has 9 heteroatoms. The molecule has 0 saturated heterocycles. The van der Waals surface area contributed by atoms with Crippen LogP contribution >= 0.6 is 11.3 Å². The van der Waals surface area contributed by atoms with Gasteiger partial charge in [-0.25, -0.2) is 10.2 Å². The molecule has 0 saturated carbocycles. The van der Waals surface area contributed by atoms with Crippen molar-refractivity contribution >= 4 is 29.4 Å². The van der Waals surface area contributed by atoms with E-state index in [0.717, 1.165) is 11.4 Å². The van der Waals surface area contributed by atoms with Crippen LogP contribution < -0.4 is 14.9 Å². The number of thiophene rings is 1. The number of nitrogens with one attached hydrogen (secondary N) is 1. The van der Waals surface area contributed by atoms with Gasteiger partial charge in [-0.2, -0.15) is 10.2 Å². The van der Waals surface area contributed by atoms with E-state index in [2.05, 4.69) is 15.6 Å². The van der Waals surface area contributed by atoms with Crippen LogP contribution in [0.5, 0.6) is 11.5 Å². The molecule has 1 N–H and O–H groups in total. The number of esters is 1. The molecule has 2 aromatic heterocycles. The molecule has 0 spiro atoms. The van der Waals surface area contributed by atoms with Gasteiger partial charge in [0, 0.05) is 5.69 Å². The fourth-order valence-corrected chi connectivity index (χ4v) is 3.18. The highest BCUT2D eigenvalue weighted by Gasteiger charge is 2.13. The highest BCUT2D eigenvalue weighted by molar-refractivity contribution is 7.12. The van der Waals surface area contributed by atoms with E-state index in [1.54, 1.807) is 40.4 Å². The lowest BCUT2D eigenvalue weighted by molar-refractivity contribution is -0.121. The lowest BCUT2D eigenvalue weighted by atomic mass is 10.2. The summed E-state index contributed by atoms with van der Waals surface area (Å²) in [5, 5.41) is 9.99. The molecule has 3 rings (SSSR count). The van der Waals surface area contributed by atoms with Crippen LogP contribution in [0, 0.1) is 13.8 Å². The minimum absolute atomic E-state index is 0.0813. The zero-order valence-corrected chi connectivity index (χ0v) is 17.0. The summed E-state index contributed by atoms with van der Waals surface area (Å²) in [5.74, 6) is -0.0542. The van der Waals surface area contributed by atoms with Crippen LogP contribution in [0.15, 0.2) is 46.9 Å². The van der Waals surface area contributed by atoms with E-state index in [1.807, 2.05) is 19.9 Å². The third-order valence-corrected chi connectivity index (χ3v) is 4.76. The maximum absolute atomic E-state index is 12.1. The molecule has 0 atom stereocenters. The molecule has 2 heterocycles. The van der Waals surface area contributed by atoms with Crippen molar-refractivity contribution in [2.75, 3.05) is 7.11 Å². The number of aromatic nitrogens is 2. The quantitative estimate of drug-likeness (QED) is 0.279. The smallest absolute Gasteiger partial charge is 0.353 e. The van der Waals surface area contributed by atoms with E-state index in [-0.39, 0.29) is 12.5 Å². The third kappa shape index (κ3) is 5.29. The van der Waals surface area contributed by atoms with Gasteiger partial charge in [-0.3, -0.25) is 9.48 Å². The fraction of sp³-hybridized carbons (Fsp3) is 0.200. The van der Waals surface area contributed by atoms with Crippen molar-refractivity contribution < 1.29 is 19.1 Å². The second-order valence-electron chi connectivity index (χ2n) is 6.16. The van der Waals surface area contributed by atoms with Crippen LogP contribution in [0.25, 0.3) is 0 Å². The summed E-state index contributed by atoms with van der Waals surface area (Å²) in [6.07, 6.45) is 1.48. The Morgan fingerprint density at radius 1 is 1.24 bits per heavy atom. The number of hydrogen-bond donors (Lipinski definition) is 1. The Balaban J connectivity index is 1.61. The molecular formula is C20H20N4O4S. The number of amides is 1. The molecule has 0 aliphatic rings. The summed E-state index contributed by atoms with van der Waals surface area (Å²) in [6, 6.07) is 10.3. The van der Waals surface area contributed by atoms with Crippen molar-refractivity contribution in [3.05, 3.63) is 63.6 Å². The average molecular weight is 412 g/mol. The van der Waals surface area contributed by atoms with E-state index in [1.165, 1.54) is 24.7 Å². The van der Waals surface area contributed by atoms with Gasteiger partial charge >= 0.3 is 5.97 Å². The number of rotatable bonds is 7. The predicted octanol–water partition coefficient (Wildman–Crippen LogP) is 2.94. The molecule has 29 heavy (non-hydrogen) atoms. The van der Waals surface area contributed by atoms with Gasteiger partial charge in [0.2, 0.25) is 0 Å². The molecule has 1 aromatic carbocycles. The van der Waals surface area contributed by atoms with Gasteiger partial charge in [0.15, 0.2) is 11.5 Å². The van der Waals surface area contributed by atoms with Crippen molar-refractivity contribution in [2.24, 2.45) is 5.10 Å². The third-order valence-electron chi connectivity index (χ3n) is 3.91. The molecule has 8 nitrogen and oxygen atoms in total. The SMILES string of the molecule is COc1cc(/C=N/NC(=O)Cn2nc(C)cc2C)ccc1OC(=O)c1cccs1. The molecule has 1 amide bonds. The molecular weight excluding hydrogens is 392 g/mol. The topological polar surface area (TPSA) is 94.8 Å². The number of benzene rings is 1. The van der Waals surface area contributed by atoms with Crippen molar-refractivity contribution in [3.63, 3.8) is 0 Å². The Bertz CT molecular complexity index is 1040. The number of aryl methyl sites for hydroxylation is 2. The van der Waals surface area contributed by atoms with E-state index < -0.39 is 5.97 Å². The van der Waals surface area contributed by atoms with Gasteiger partial charge in [-0.1, -0.05) is 6.07 Å². The van der Waals surface area contributed by atoms with E-state index in [9.17, 15) is 9.59 Å². The predicted molar refractivity (Wildman–Crippen MR) is 110 cm³/mol. The summed E-state index contributed by atoms with van der Waals surface area (Å²) in [7, 11) is 1.48. The second-order valence-corrected chi connectivity index (χ2v) is 7.10. The number of carbonyl (C=O) groups excluding carboxylic acids is 2. The Morgan fingerprint density at radius 3 is 2.72 bits per heavy atom. The molecule has 3 aromatic rings. The summed E-state index contributed by atoms with van der Waals surface area (Å²) in [4.78, 5) is 24.6. The first-order valence-electron chi connectivity index (χ1n) is 8.73. The van der Waals surface area contributed by atoms with Gasteiger partial charge in [0.25, 0.3) is 5.91 Å². The van der Waals surface area contributed by atoms with Gasteiger partial charge in [0.05, 0.1) is 19.0 Å². The van der Waals surface area contributed by atoms with Gasteiger partial charge < -0.3 is 9.47 Å². The zero-order chi connectivity index (χ0) is 20.8. The average Bonchev–Trinajstić information content (AvgIpc) is 3.33. The Hall–Kier alpha value is -3.46. The number of ether oxygens (including phenoxy) is 2. The molecule has 0 unspecified atom stereocenters. The van der Waals surface area contributed by atoms with Crippen LogP contribution in [0.4, 0.5) is 0 Å². The molecule has 0 bridgehead atoms. The monoisotopic (exact) mass is 412 g/mol. The lowest BCUT2D eigenvalue weighted by Crippen LogP contribution is -2.24. The minimum Gasteiger partial charge on any atom is -0.493 e. The van der Waals surface area contributed by atoms with Crippen LogP contribution in [-0.2, 0) is 11.3 Å². The zero-order valence-electron chi connectivity index (χ0n) is 16.2. The molecule has 0 aliphatic heterocycles. The van der Waals surface area contributed by atoms with Crippen LogP contribution in [0.3, 0.4) is 0 Å². The van der Waals surface area contributed by atoms with E-state index in [4.69, 9.17) is 9.47 Å². The van der Waals surface area contributed by atoms with Crippen molar-refractivity contribution in [1.82, 2.24) is 15.2 Å². The standard InChI is InChI=1S/C20H20N4O4S/c1-13-9-14(2)24(23-13)12-19(25)22-21-11-15-6-7-16(17(10-15)27-3)28-20(26)18-5-4-8-29-18/h4-11H,12H2,1-3H3,(H,22,25)/b21-11+. The summed E-state index contributed by atoms with van der Waals surface area (Å²) in [5.41, 5.74) is 4.89. The summed E-state index contributed by atoms with van der Waals surface area (Å²) < 4.78 is 12.3. The van der Waals surface area contributed by atoms with Gasteiger partial charge in [-0.05, 0) is 55.1 Å². The van der Waals surface area contributed by atoms with Crippen LogP contribution in [0.2, 0.25) is 0 Å². The molecule has 0 aliphatic carbocycles. The van der Waals surface area contributed by atoms with E-state index in [0.29, 0.717) is 21.9 Å². The lowest BCUT2D eigenvalue weighted by Gasteiger charge is -2.09. The minimum atomic E-state index is -0.448. The molecule has 0 fully saturated rings. The summed E-state index contributed by atoms with van der Waals surface area (Å²) in [6.45, 7) is 3.84. The van der Waals surface area contributed by atoms with Crippen LogP contribution in [-0.4, -0.2) is 35.0 Å². The number of carbonyl (C=O) groups is 2. The number of hydrogen-bond acceptors (Lipinski definition) is 7. The largest absolute Gasteiger partial charge is 0.493 e. The van der Waals surface area contributed by atoms with Gasteiger partial charge in [-0.15, -0.1) is 11.3 Å². The van der Waals surface area contributed by atoms with Crippen molar-refractivity contribution in [1.29, 1.82) is 0 Å². The second kappa shape index (κ2) is 9.16. The fourth-order valence-electron chi connectivity index (χ4n) is 2.58. The first-order chi connectivity index (χ1) is 14.0. The number of hydrazone groups is 1. The maximum Gasteiger partial charge on any atom is 0.353 e. The summed E-state index contributed by atoms with van der Waals surface area (Å²) >= 11 is 1.30. The highest BCUT2D eigenvalue weighted by atomic mass is 32.1. The Kier molecular flexibility index (Phi) is 6.40. The first kappa shape index (κ1) is 20.3. The number of methoxy groups -OCH3 is 1. The van der Waals surface area contributed by atoms with E-state index >= 15 is 0 Å². The maximum atomic E-state index is 12.1. The van der Waals surface area contributed by atoms with Crippen molar-refractivity contribution in [2.45, 2.75) is 20.4 Å². The normalized spacial score (nSPS) is 10.9. The highest BCUT2D eigenvalue weighted by Crippen LogP contribution is 2.28. The Morgan fingerprint density at radius 2 is 2.07 bits per heavy atom.